The van der Waals surface area contributed by atoms with E-state index in [1.54, 1.807) is 24.3 Å². The van der Waals surface area contributed by atoms with Crippen LogP contribution in [0.2, 0.25) is 0 Å². The number of ether oxygens (including phenoxy) is 2. The van der Waals surface area contributed by atoms with Crippen LogP contribution in [0.15, 0.2) is 36.4 Å². The van der Waals surface area contributed by atoms with Crippen LogP contribution in [0, 0.1) is 10.1 Å². The van der Waals surface area contributed by atoms with Crippen LogP contribution in [0.1, 0.15) is 0 Å². The van der Waals surface area contributed by atoms with Crippen LogP contribution >= 0.6 is 0 Å². The lowest BCUT2D eigenvalue weighted by Gasteiger charge is -2.09. The van der Waals surface area contributed by atoms with E-state index < -0.39 is 4.92 Å². The Morgan fingerprint density at radius 3 is 2.53 bits per heavy atom. The molecule has 7 nitrogen and oxygen atoms in total. The Balaban J connectivity index is 2.42. The van der Waals surface area contributed by atoms with Crippen molar-refractivity contribution in [2.45, 2.75) is 0 Å². The van der Waals surface area contributed by atoms with E-state index in [1.807, 2.05) is 0 Å². The molecule has 0 saturated carbocycles. The minimum atomic E-state index is -0.586. The lowest BCUT2D eigenvalue weighted by molar-refractivity contribution is -0.386. The number of nitrogens with two attached hydrogens (primary N) is 1. The molecule has 1 aromatic carbocycles. The fourth-order valence-electron chi connectivity index (χ4n) is 1.47. The van der Waals surface area contributed by atoms with Crippen molar-refractivity contribution in [3.8, 4) is 17.4 Å². The normalized spacial score (nSPS) is 9.95. The maximum atomic E-state index is 10.9. The minimum absolute atomic E-state index is 0.135. The van der Waals surface area contributed by atoms with Crippen LogP contribution in [0.4, 0.5) is 11.5 Å². The van der Waals surface area contributed by atoms with Crippen molar-refractivity contribution in [1.82, 2.24) is 4.98 Å². The molecule has 0 fully saturated rings. The van der Waals surface area contributed by atoms with Gasteiger partial charge in [0.05, 0.1) is 12.0 Å². The number of aromatic nitrogens is 1. The molecule has 0 saturated heterocycles. The predicted molar refractivity (Wildman–Crippen MR) is 68.4 cm³/mol. The number of methoxy groups -OCH3 is 1. The van der Waals surface area contributed by atoms with Gasteiger partial charge in [-0.05, 0) is 18.2 Å². The van der Waals surface area contributed by atoms with E-state index in [9.17, 15) is 10.1 Å². The average molecular weight is 261 g/mol. The van der Waals surface area contributed by atoms with Crippen molar-refractivity contribution in [1.29, 1.82) is 0 Å². The molecule has 98 valence electrons. The zero-order chi connectivity index (χ0) is 13.8. The molecule has 0 bridgehead atoms. The average Bonchev–Trinajstić information content (AvgIpc) is 2.39. The Morgan fingerprint density at radius 1 is 1.21 bits per heavy atom. The lowest BCUT2D eigenvalue weighted by Crippen LogP contribution is -1.99. The van der Waals surface area contributed by atoms with Crippen molar-refractivity contribution >= 4 is 11.5 Å². The largest absolute Gasteiger partial charge is 0.493 e. The number of benzene rings is 1. The van der Waals surface area contributed by atoms with Crippen molar-refractivity contribution in [3.63, 3.8) is 0 Å². The fourth-order valence-corrected chi connectivity index (χ4v) is 1.47. The molecule has 19 heavy (non-hydrogen) atoms. The van der Waals surface area contributed by atoms with Gasteiger partial charge in [-0.1, -0.05) is 12.1 Å². The molecule has 0 aliphatic heterocycles. The van der Waals surface area contributed by atoms with Crippen LogP contribution in [0.5, 0.6) is 17.4 Å². The maximum Gasteiger partial charge on any atom is 0.331 e. The summed E-state index contributed by atoms with van der Waals surface area (Å²) in [4.78, 5) is 14.1. The summed E-state index contributed by atoms with van der Waals surface area (Å²) in [6.07, 6.45) is 0. The molecule has 1 heterocycles. The highest BCUT2D eigenvalue weighted by atomic mass is 16.6. The van der Waals surface area contributed by atoms with Crippen LogP contribution in [0.3, 0.4) is 0 Å². The van der Waals surface area contributed by atoms with Gasteiger partial charge in [0.25, 0.3) is 0 Å². The van der Waals surface area contributed by atoms with Crippen molar-refractivity contribution in [3.05, 3.63) is 46.5 Å². The van der Waals surface area contributed by atoms with E-state index in [0.29, 0.717) is 11.5 Å². The van der Waals surface area contributed by atoms with Gasteiger partial charge in [-0.15, -0.1) is 0 Å². The molecule has 0 spiro atoms. The van der Waals surface area contributed by atoms with E-state index in [2.05, 4.69) is 4.98 Å². The standard InChI is InChI=1S/C12H11N3O4/c1-18-9-4-2-3-5-10(9)19-12-8(15(16)17)6-7-11(13)14-12/h2-7H,1H3,(H2,13,14). The molecule has 0 aliphatic carbocycles. The van der Waals surface area contributed by atoms with Gasteiger partial charge in [0.1, 0.15) is 5.82 Å². The Kier molecular flexibility index (Phi) is 3.46. The molecular weight excluding hydrogens is 250 g/mol. The van der Waals surface area contributed by atoms with Crippen molar-refractivity contribution < 1.29 is 14.4 Å². The highest BCUT2D eigenvalue weighted by molar-refractivity contribution is 5.50. The lowest BCUT2D eigenvalue weighted by atomic mass is 10.3. The topological polar surface area (TPSA) is 101 Å². The summed E-state index contributed by atoms with van der Waals surface area (Å²) in [5, 5.41) is 10.9. The third-order valence-electron chi connectivity index (χ3n) is 2.33. The number of para-hydroxylation sites is 2. The van der Waals surface area contributed by atoms with Crippen LogP contribution in [-0.2, 0) is 0 Å². The molecular formula is C12H11N3O4. The third kappa shape index (κ3) is 2.71. The smallest absolute Gasteiger partial charge is 0.331 e. The second-order valence-corrected chi connectivity index (χ2v) is 3.57. The molecule has 0 radical (unpaired) electrons. The number of rotatable bonds is 4. The van der Waals surface area contributed by atoms with Crippen LogP contribution in [0.25, 0.3) is 0 Å². The Labute approximate surface area is 108 Å². The summed E-state index contributed by atoms with van der Waals surface area (Å²) in [5.41, 5.74) is 5.24. The van der Waals surface area contributed by atoms with Gasteiger partial charge in [-0.3, -0.25) is 10.1 Å². The molecule has 0 aliphatic rings. The third-order valence-corrected chi connectivity index (χ3v) is 2.33. The van der Waals surface area contributed by atoms with Gasteiger partial charge >= 0.3 is 11.6 Å². The SMILES string of the molecule is COc1ccccc1Oc1nc(N)ccc1[N+](=O)[O-]. The number of anilines is 1. The zero-order valence-corrected chi connectivity index (χ0v) is 10.1. The van der Waals surface area contributed by atoms with Gasteiger partial charge in [0.15, 0.2) is 11.5 Å². The first kappa shape index (κ1) is 12.6. The molecule has 2 rings (SSSR count). The summed E-state index contributed by atoms with van der Waals surface area (Å²) in [6.45, 7) is 0. The van der Waals surface area contributed by atoms with Gasteiger partial charge in [-0.2, -0.15) is 4.98 Å². The molecule has 2 N–H and O–H groups in total. The monoisotopic (exact) mass is 261 g/mol. The number of nitro groups is 1. The summed E-state index contributed by atoms with van der Waals surface area (Å²) < 4.78 is 10.5. The number of nitrogens with zero attached hydrogens (tertiary/aromatic N) is 2. The maximum absolute atomic E-state index is 10.9. The van der Waals surface area contributed by atoms with Gasteiger partial charge in [0.2, 0.25) is 0 Å². The van der Waals surface area contributed by atoms with Gasteiger partial charge in [0, 0.05) is 6.07 Å². The molecule has 0 amide bonds. The number of hydrogen-bond donors (Lipinski definition) is 1. The summed E-state index contributed by atoms with van der Waals surface area (Å²) in [7, 11) is 1.48. The molecule has 2 aromatic rings. The Bertz CT molecular complexity index is 616. The molecule has 0 atom stereocenters. The second-order valence-electron chi connectivity index (χ2n) is 3.57. The molecule has 7 heteroatoms. The Hall–Kier alpha value is -2.83. The summed E-state index contributed by atoms with van der Waals surface area (Å²) in [6, 6.07) is 9.35. The quantitative estimate of drug-likeness (QED) is 0.669. The molecule has 0 unspecified atom stereocenters. The highest BCUT2D eigenvalue weighted by Crippen LogP contribution is 2.34. The van der Waals surface area contributed by atoms with E-state index in [-0.39, 0.29) is 17.4 Å². The van der Waals surface area contributed by atoms with E-state index in [4.69, 9.17) is 15.2 Å². The number of hydrogen-bond acceptors (Lipinski definition) is 6. The predicted octanol–water partition coefficient (Wildman–Crippen LogP) is 2.37. The summed E-state index contributed by atoms with van der Waals surface area (Å²) >= 11 is 0. The van der Waals surface area contributed by atoms with Gasteiger partial charge < -0.3 is 15.2 Å². The van der Waals surface area contributed by atoms with E-state index >= 15 is 0 Å². The highest BCUT2D eigenvalue weighted by Gasteiger charge is 2.19. The van der Waals surface area contributed by atoms with Gasteiger partial charge in [-0.25, -0.2) is 0 Å². The van der Waals surface area contributed by atoms with Crippen molar-refractivity contribution in [2.75, 3.05) is 12.8 Å². The number of pyridine rings is 1. The minimum Gasteiger partial charge on any atom is -0.493 e. The Morgan fingerprint density at radius 2 is 1.89 bits per heavy atom. The van der Waals surface area contributed by atoms with Crippen molar-refractivity contribution in [2.24, 2.45) is 0 Å². The van der Waals surface area contributed by atoms with E-state index in [0.717, 1.165) is 0 Å². The fraction of sp³-hybridized carbons (Fsp3) is 0.0833. The second kappa shape index (κ2) is 5.21. The van der Waals surface area contributed by atoms with Crippen LogP contribution in [-0.4, -0.2) is 17.0 Å². The molecule has 1 aromatic heterocycles. The zero-order valence-electron chi connectivity index (χ0n) is 10.1. The first-order chi connectivity index (χ1) is 9.11. The first-order valence-corrected chi connectivity index (χ1v) is 5.33. The van der Waals surface area contributed by atoms with Crippen LogP contribution < -0.4 is 15.2 Å². The van der Waals surface area contributed by atoms with E-state index in [1.165, 1.54) is 19.2 Å². The number of nitrogen functional groups attached to an aromatic ring is 1. The summed E-state index contributed by atoms with van der Waals surface area (Å²) in [5.74, 6) is 0.734. The first-order valence-electron chi connectivity index (χ1n) is 5.33.